The quantitative estimate of drug-likeness (QED) is 0.143. The zero-order valence-corrected chi connectivity index (χ0v) is 39.9. The van der Waals surface area contributed by atoms with Gasteiger partial charge in [-0.2, -0.15) is 0 Å². The molecular weight excluding hydrogens is 877 g/mol. The van der Waals surface area contributed by atoms with Crippen molar-refractivity contribution in [2.45, 2.75) is 26.7 Å². The first-order valence-electron chi connectivity index (χ1n) is 25.0. The molecule has 4 nitrogen and oxygen atoms in total. The molecule has 0 spiro atoms. The van der Waals surface area contributed by atoms with E-state index in [1.165, 1.54) is 21.9 Å². The van der Waals surface area contributed by atoms with E-state index >= 15 is 0 Å². The molecule has 0 aliphatic rings. The van der Waals surface area contributed by atoms with Crippen LogP contribution in [0, 0.1) is 0 Å². The fraction of sp³-hybridized carbons (Fsp3) is 0.0588. The number of hydrogen-bond acceptors (Lipinski definition) is 4. The van der Waals surface area contributed by atoms with Crippen LogP contribution in [0.1, 0.15) is 25.0 Å². The van der Waals surface area contributed by atoms with Crippen LogP contribution in [0.4, 0.5) is 0 Å². The molecule has 0 amide bonds. The van der Waals surface area contributed by atoms with Gasteiger partial charge in [-0.05, 0) is 127 Å². The van der Waals surface area contributed by atoms with Crippen LogP contribution in [0.2, 0.25) is 0 Å². The van der Waals surface area contributed by atoms with E-state index in [1.54, 1.807) is 12.4 Å². The van der Waals surface area contributed by atoms with Crippen molar-refractivity contribution < 1.29 is 8.83 Å². The lowest BCUT2D eigenvalue weighted by molar-refractivity contribution is 0.664. The third-order valence-electron chi connectivity index (χ3n) is 14.9. The summed E-state index contributed by atoms with van der Waals surface area (Å²) in [5.41, 5.74) is 21.7. The summed E-state index contributed by atoms with van der Waals surface area (Å²) in [7, 11) is 0. The highest BCUT2D eigenvalue weighted by Crippen LogP contribution is 2.42. The zero-order valence-electron chi connectivity index (χ0n) is 39.9. The summed E-state index contributed by atoms with van der Waals surface area (Å²) in [4.78, 5) is 9.81. The lowest BCUT2D eigenvalue weighted by Gasteiger charge is -2.14. The van der Waals surface area contributed by atoms with Crippen molar-refractivity contribution in [2.75, 3.05) is 0 Å². The van der Waals surface area contributed by atoms with E-state index in [2.05, 4.69) is 220 Å². The van der Waals surface area contributed by atoms with E-state index in [9.17, 15) is 0 Å². The number of nitrogens with zero attached hydrogens (tertiary/aromatic N) is 2. The van der Waals surface area contributed by atoms with Crippen molar-refractivity contribution in [1.29, 1.82) is 0 Å². The Morgan fingerprint density at radius 1 is 0.278 bits per heavy atom. The second-order valence-corrected chi connectivity index (χ2v) is 19.0. The molecule has 340 valence electrons. The van der Waals surface area contributed by atoms with Gasteiger partial charge in [0.15, 0.2) is 0 Å². The molecule has 0 saturated carbocycles. The molecule has 0 aliphatic carbocycles. The summed E-state index contributed by atoms with van der Waals surface area (Å²) >= 11 is 0. The Morgan fingerprint density at radius 2 is 0.597 bits per heavy atom. The molecule has 0 bridgehead atoms. The third kappa shape index (κ3) is 6.75. The molecule has 0 N–H and O–H groups in total. The fourth-order valence-corrected chi connectivity index (χ4v) is 11.3. The lowest BCUT2D eigenvalue weighted by Crippen LogP contribution is -1.90. The fourth-order valence-electron chi connectivity index (χ4n) is 11.3. The smallest absolute Gasteiger partial charge is 0.143 e. The summed E-state index contributed by atoms with van der Waals surface area (Å²) < 4.78 is 13.3. The van der Waals surface area contributed by atoms with Crippen LogP contribution in [0.3, 0.4) is 0 Å². The van der Waals surface area contributed by atoms with Crippen LogP contribution in [-0.4, -0.2) is 9.97 Å². The second-order valence-electron chi connectivity index (χ2n) is 19.0. The minimum atomic E-state index is 0.904. The van der Waals surface area contributed by atoms with Gasteiger partial charge in [0.1, 0.15) is 22.3 Å². The normalized spacial score (nSPS) is 11.9. The van der Waals surface area contributed by atoms with Gasteiger partial charge in [0.05, 0.1) is 11.0 Å². The molecule has 0 saturated heterocycles. The van der Waals surface area contributed by atoms with Gasteiger partial charge in [-0.15, -0.1) is 0 Å². The van der Waals surface area contributed by atoms with Crippen LogP contribution < -0.4 is 0 Å². The van der Waals surface area contributed by atoms with Gasteiger partial charge in [-0.3, -0.25) is 9.97 Å². The largest absolute Gasteiger partial charge is 0.455 e. The van der Waals surface area contributed by atoms with E-state index in [0.29, 0.717) is 0 Å². The highest BCUT2D eigenvalue weighted by atomic mass is 16.3. The van der Waals surface area contributed by atoms with E-state index in [4.69, 9.17) is 18.8 Å². The van der Waals surface area contributed by atoms with Crippen molar-refractivity contribution in [3.63, 3.8) is 0 Å². The first-order valence-corrected chi connectivity index (χ1v) is 25.0. The number of furan rings is 2. The van der Waals surface area contributed by atoms with E-state index in [-0.39, 0.29) is 0 Å². The summed E-state index contributed by atoms with van der Waals surface area (Å²) in [6, 6.07) is 74.9. The molecule has 0 fully saturated rings. The highest BCUT2D eigenvalue weighted by Gasteiger charge is 2.18. The van der Waals surface area contributed by atoms with Gasteiger partial charge < -0.3 is 8.83 Å². The molecule has 14 rings (SSSR count). The van der Waals surface area contributed by atoms with Crippen LogP contribution >= 0.6 is 0 Å². The predicted octanol–water partition coefficient (Wildman–Crippen LogP) is 18.9. The molecular formula is C68H46N2O2. The second kappa shape index (κ2) is 16.8. The SMILES string of the molecule is CCc1cccc2c1oc1c(-c3cccc(-c4cccc(-c5ccc6c(c5)c5cc(-c7cccc(-c8cccc(-c9cccc%10c9oc9c(CC)cccc9%10)c8)c7)ccc5c5nccnc65)c4)c3)cccc12. The van der Waals surface area contributed by atoms with Crippen molar-refractivity contribution in [2.24, 2.45) is 0 Å². The molecule has 0 atom stereocenters. The Morgan fingerprint density at radius 3 is 0.986 bits per heavy atom. The van der Waals surface area contributed by atoms with E-state index in [0.717, 1.165) is 145 Å². The van der Waals surface area contributed by atoms with Crippen molar-refractivity contribution in [3.8, 4) is 66.8 Å². The van der Waals surface area contributed by atoms with Gasteiger partial charge in [0, 0.05) is 55.8 Å². The first-order chi connectivity index (χ1) is 35.6. The van der Waals surface area contributed by atoms with Crippen LogP contribution in [0.25, 0.3) is 143 Å². The third-order valence-corrected chi connectivity index (χ3v) is 14.9. The minimum Gasteiger partial charge on any atom is -0.455 e. The number of para-hydroxylation sites is 4. The molecule has 3 aromatic heterocycles. The minimum absolute atomic E-state index is 0.904. The maximum Gasteiger partial charge on any atom is 0.143 e. The lowest BCUT2D eigenvalue weighted by atomic mass is 9.91. The zero-order chi connectivity index (χ0) is 47.9. The Kier molecular flexibility index (Phi) is 9.75. The standard InChI is InChI=1S/C68H46N2O2/c1-3-41-13-9-25-57-59-27-11-23-53(67(59)71-65(41)57)51-21-7-19-47(37-51)43-15-5-17-45(35-43)49-29-31-55-61(39-49)62-40-50(30-32-56(62)64-63(55)69-33-34-70-64)46-18-6-16-44(36-46)48-20-8-22-52(38-48)54-24-12-28-60-58-26-10-14-42(4-2)66(58)72-68(54)60/h5-40H,3-4H2,1-2H3. The average molecular weight is 923 g/mol. The molecule has 0 unspecified atom stereocenters. The Bertz CT molecular complexity index is 4210. The van der Waals surface area contributed by atoms with Crippen LogP contribution in [0.5, 0.6) is 0 Å². The van der Waals surface area contributed by atoms with E-state index < -0.39 is 0 Å². The van der Waals surface area contributed by atoms with Crippen molar-refractivity contribution in [1.82, 2.24) is 9.97 Å². The maximum atomic E-state index is 6.66. The number of aromatic nitrogens is 2. The molecule has 4 heteroatoms. The highest BCUT2D eigenvalue weighted by molar-refractivity contribution is 6.24. The first kappa shape index (κ1) is 41.8. The number of rotatable bonds is 8. The van der Waals surface area contributed by atoms with Crippen molar-refractivity contribution in [3.05, 3.63) is 230 Å². The van der Waals surface area contributed by atoms with Gasteiger partial charge in [-0.25, -0.2) is 0 Å². The molecule has 11 aromatic carbocycles. The van der Waals surface area contributed by atoms with Crippen molar-refractivity contribution >= 4 is 76.5 Å². The van der Waals surface area contributed by atoms with Crippen LogP contribution in [-0.2, 0) is 12.8 Å². The average Bonchev–Trinajstić information content (AvgIpc) is 4.04. The predicted molar refractivity (Wildman–Crippen MR) is 300 cm³/mol. The Labute approximate surface area is 416 Å². The number of benzene rings is 11. The van der Waals surface area contributed by atoms with E-state index in [1.807, 2.05) is 0 Å². The van der Waals surface area contributed by atoms with Gasteiger partial charge in [-0.1, -0.05) is 184 Å². The molecule has 72 heavy (non-hydrogen) atoms. The van der Waals surface area contributed by atoms with Gasteiger partial charge >= 0.3 is 0 Å². The Hall–Kier alpha value is -9.12. The monoisotopic (exact) mass is 922 g/mol. The number of aryl methyl sites for hydroxylation is 2. The summed E-state index contributed by atoms with van der Waals surface area (Å²) in [6.45, 7) is 4.37. The molecule has 14 aromatic rings. The van der Waals surface area contributed by atoms with Crippen LogP contribution in [0.15, 0.2) is 227 Å². The van der Waals surface area contributed by atoms with Gasteiger partial charge in [0.25, 0.3) is 0 Å². The number of fused-ring (bicyclic) bond motifs is 12. The van der Waals surface area contributed by atoms with Gasteiger partial charge in [0.2, 0.25) is 0 Å². The summed E-state index contributed by atoms with van der Waals surface area (Å²) in [6.07, 6.45) is 5.44. The topological polar surface area (TPSA) is 52.1 Å². The maximum absolute atomic E-state index is 6.66. The Balaban J connectivity index is 0.838. The number of hydrogen-bond donors (Lipinski definition) is 0. The summed E-state index contributed by atoms with van der Waals surface area (Å²) in [5, 5.41) is 9.08. The molecule has 3 heterocycles. The molecule has 0 radical (unpaired) electrons. The molecule has 0 aliphatic heterocycles. The summed E-state index contributed by atoms with van der Waals surface area (Å²) in [5.74, 6) is 0.